The van der Waals surface area contributed by atoms with E-state index in [1.165, 1.54) is 51.7 Å². The molecular weight excluding hydrogens is 160 g/mol. The summed E-state index contributed by atoms with van der Waals surface area (Å²) < 4.78 is 0. The molecular formula is C11H24N2. The van der Waals surface area contributed by atoms with Crippen LogP contribution in [0.15, 0.2) is 0 Å². The predicted octanol–water partition coefficient (Wildman–Crippen LogP) is 1.91. The van der Waals surface area contributed by atoms with Gasteiger partial charge < -0.3 is 10.6 Å². The van der Waals surface area contributed by atoms with Crippen molar-refractivity contribution in [3.05, 3.63) is 0 Å². The van der Waals surface area contributed by atoms with Crippen molar-refractivity contribution >= 4 is 0 Å². The van der Waals surface area contributed by atoms with Crippen LogP contribution in [0.25, 0.3) is 0 Å². The molecule has 2 aliphatic rings. The Balaban J connectivity index is 0.000000396. The van der Waals surface area contributed by atoms with Crippen LogP contribution >= 0.6 is 0 Å². The van der Waals surface area contributed by atoms with Crippen LogP contribution in [0.3, 0.4) is 0 Å². The van der Waals surface area contributed by atoms with Crippen molar-refractivity contribution in [2.24, 2.45) is 0 Å². The van der Waals surface area contributed by atoms with Crippen molar-refractivity contribution in [1.82, 2.24) is 10.6 Å². The second-order valence-electron chi connectivity index (χ2n) is 3.91. The number of hydrogen-bond donors (Lipinski definition) is 2. The van der Waals surface area contributed by atoms with Crippen molar-refractivity contribution in [1.29, 1.82) is 0 Å². The Morgan fingerprint density at radius 3 is 2.23 bits per heavy atom. The zero-order valence-corrected chi connectivity index (χ0v) is 9.16. The Morgan fingerprint density at radius 2 is 1.54 bits per heavy atom. The summed E-state index contributed by atoms with van der Waals surface area (Å²) in [6.45, 7) is 7.69. The summed E-state index contributed by atoms with van der Waals surface area (Å²) in [6, 6.07) is 0. The van der Waals surface area contributed by atoms with Gasteiger partial charge in [-0.1, -0.05) is 13.8 Å². The zero-order chi connectivity index (χ0) is 9.57. The molecule has 2 aliphatic heterocycles. The first-order valence-corrected chi connectivity index (χ1v) is 5.87. The molecule has 0 aliphatic carbocycles. The third-order valence-corrected chi connectivity index (χ3v) is 3.12. The van der Waals surface area contributed by atoms with Crippen LogP contribution in [0, 0.1) is 0 Å². The molecule has 2 heteroatoms. The van der Waals surface area contributed by atoms with Crippen molar-refractivity contribution < 1.29 is 0 Å². The smallest absolute Gasteiger partial charge is 0.0194 e. The Labute approximate surface area is 82.5 Å². The summed E-state index contributed by atoms with van der Waals surface area (Å²) in [5.41, 5.74) is 0.545. The van der Waals surface area contributed by atoms with E-state index >= 15 is 0 Å². The second-order valence-corrected chi connectivity index (χ2v) is 3.91. The van der Waals surface area contributed by atoms with Crippen molar-refractivity contribution in [2.75, 3.05) is 19.6 Å². The molecule has 0 aromatic rings. The molecule has 1 spiro atoms. The van der Waals surface area contributed by atoms with Crippen molar-refractivity contribution in [3.63, 3.8) is 0 Å². The van der Waals surface area contributed by atoms with Crippen LogP contribution in [-0.2, 0) is 0 Å². The highest BCUT2D eigenvalue weighted by molar-refractivity contribution is 4.94. The maximum absolute atomic E-state index is 3.67. The summed E-state index contributed by atoms with van der Waals surface area (Å²) >= 11 is 0. The minimum Gasteiger partial charge on any atom is -0.317 e. The highest BCUT2D eigenvalue weighted by Crippen LogP contribution is 2.28. The van der Waals surface area contributed by atoms with Gasteiger partial charge in [0.05, 0.1) is 0 Å². The fourth-order valence-corrected chi connectivity index (χ4v) is 2.42. The third kappa shape index (κ3) is 2.96. The van der Waals surface area contributed by atoms with E-state index in [-0.39, 0.29) is 0 Å². The average molecular weight is 184 g/mol. The molecule has 0 aromatic carbocycles. The summed E-state index contributed by atoms with van der Waals surface area (Å²) in [5, 5.41) is 7.13. The van der Waals surface area contributed by atoms with Gasteiger partial charge in [-0.15, -0.1) is 0 Å². The molecule has 2 N–H and O–H groups in total. The summed E-state index contributed by atoms with van der Waals surface area (Å²) in [4.78, 5) is 0. The van der Waals surface area contributed by atoms with Crippen LogP contribution in [0.4, 0.5) is 0 Å². The van der Waals surface area contributed by atoms with Crippen LogP contribution in [0.2, 0.25) is 0 Å². The van der Waals surface area contributed by atoms with Crippen LogP contribution in [0.5, 0.6) is 0 Å². The highest BCUT2D eigenvalue weighted by atomic mass is 15.0. The number of rotatable bonds is 0. The largest absolute Gasteiger partial charge is 0.317 e. The minimum absolute atomic E-state index is 0.545. The first-order chi connectivity index (χ1) is 6.41. The monoisotopic (exact) mass is 184 g/mol. The Bertz CT molecular complexity index is 118. The molecule has 2 saturated heterocycles. The van der Waals surface area contributed by atoms with Crippen LogP contribution < -0.4 is 10.6 Å². The van der Waals surface area contributed by atoms with E-state index in [9.17, 15) is 0 Å². The van der Waals surface area contributed by atoms with E-state index in [1.807, 2.05) is 13.8 Å². The SMILES string of the molecule is C1CNCCC2(C1)CCCN2.CC. The lowest BCUT2D eigenvalue weighted by Gasteiger charge is -2.27. The van der Waals surface area contributed by atoms with Gasteiger partial charge in [-0.25, -0.2) is 0 Å². The average Bonchev–Trinajstić information content (AvgIpc) is 2.50. The van der Waals surface area contributed by atoms with E-state index in [0.717, 1.165) is 0 Å². The second kappa shape index (κ2) is 5.61. The molecule has 0 amide bonds. The normalized spacial score (nSPS) is 33.7. The molecule has 2 fully saturated rings. The Morgan fingerprint density at radius 1 is 0.846 bits per heavy atom. The van der Waals surface area contributed by atoms with Gasteiger partial charge in [0.25, 0.3) is 0 Å². The standard InChI is InChI=1S/C9H18N2.C2H6/c1-3-9(4-2-7-11-9)5-8-10-6-1;1-2/h10-11H,1-8H2;1-2H3. The first-order valence-electron chi connectivity index (χ1n) is 5.87. The molecule has 13 heavy (non-hydrogen) atoms. The van der Waals surface area contributed by atoms with Gasteiger partial charge >= 0.3 is 0 Å². The van der Waals surface area contributed by atoms with E-state index in [1.54, 1.807) is 0 Å². The fraction of sp³-hybridized carbons (Fsp3) is 1.00. The van der Waals surface area contributed by atoms with Gasteiger partial charge in [0.1, 0.15) is 0 Å². The molecule has 0 bridgehead atoms. The topological polar surface area (TPSA) is 24.1 Å². The van der Waals surface area contributed by atoms with E-state index < -0.39 is 0 Å². The molecule has 0 radical (unpaired) electrons. The van der Waals surface area contributed by atoms with Gasteiger partial charge in [0.2, 0.25) is 0 Å². The number of nitrogens with one attached hydrogen (secondary N) is 2. The first kappa shape index (κ1) is 11.0. The van der Waals surface area contributed by atoms with Crippen LogP contribution in [0.1, 0.15) is 46.0 Å². The molecule has 0 aromatic heterocycles. The van der Waals surface area contributed by atoms with Gasteiger partial charge in [-0.05, 0) is 51.7 Å². The van der Waals surface area contributed by atoms with Crippen molar-refractivity contribution in [3.8, 4) is 0 Å². The maximum atomic E-state index is 3.67. The minimum atomic E-state index is 0.545. The third-order valence-electron chi connectivity index (χ3n) is 3.12. The molecule has 2 rings (SSSR count). The van der Waals surface area contributed by atoms with E-state index in [0.29, 0.717) is 5.54 Å². The predicted molar refractivity (Wildman–Crippen MR) is 58.0 cm³/mol. The van der Waals surface area contributed by atoms with E-state index in [2.05, 4.69) is 10.6 Å². The number of hydrogen-bond acceptors (Lipinski definition) is 2. The Hall–Kier alpha value is -0.0800. The van der Waals surface area contributed by atoms with Gasteiger partial charge in [0, 0.05) is 5.54 Å². The molecule has 1 unspecified atom stereocenters. The Kier molecular flexibility index (Phi) is 4.74. The molecule has 78 valence electrons. The van der Waals surface area contributed by atoms with Crippen LogP contribution in [-0.4, -0.2) is 25.2 Å². The van der Waals surface area contributed by atoms with E-state index in [4.69, 9.17) is 0 Å². The van der Waals surface area contributed by atoms with Gasteiger partial charge in [0.15, 0.2) is 0 Å². The lowest BCUT2D eigenvalue weighted by atomic mass is 9.89. The molecule has 2 nitrogen and oxygen atoms in total. The maximum Gasteiger partial charge on any atom is 0.0194 e. The lowest BCUT2D eigenvalue weighted by Crippen LogP contribution is -2.40. The highest BCUT2D eigenvalue weighted by Gasteiger charge is 2.32. The fourth-order valence-electron chi connectivity index (χ4n) is 2.42. The zero-order valence-electron chi connectivity index (χ0n) is 9.16. The molecule has 2 heterocycles. The molecule has 1 atom stereocenters. The summed E-state index contributed by atoms with van der Waals surface area (Å²) in [5.74, 6) is 0. The lowest BCUT2D eigenvalue weighted by molar-refractivity contribution is 0.337. The quantitative estimate of drug-likeness (QED) is 0.601. The summed E-state index contributed by atoms with van der Waals surface area (Å²) in [7, 11) is 0. The van der Waals surface area contributed by atoms with Gasteiger partial charge in [-0.2, -0.15) is 0 Å². The van der Waals surface area contributed by atoms with Crippen molar-refractivity contribution in [2.45, 2.75) is 51.5 Å². The summed E-state index contributed by atoms with van der Waals surface area (Å²) in [6.07, 6.45) is 6.88. The van der Waals surface area contributed by atoms with Gasteiger partial charge in [-0.3, -0.25) is 0 Å². The molecule has 0 saturated carbocycles.